The first-order valence-corrected chi connectivity index (χ1v) is 9.42. The highest BCUT2D eigenvalue weighted by Gasteiger charge is 2.12. The molecule has 1 amide bonds. The highest BCUT2D eigenvalue weighted by Crippen LogP contribution is 2.33. The number of nitrogens with one attached hydrogen (secondary N) is 2. The maximum absolute atomic E-state index is 12.5. The van der Waals surface area contributed by atoms with E-state index in [-0.39, 0.29) is 12.3 Å². The predicted octanol–water partition coefficient (Wildman–Crippen LogP) is 6.88. The average Bonchev–Trinajstić information content (AvgIpc) is 2.63. The van der Waals surface area contributed by atoms with Crippen molar-refractivity contribution in [2.45, 2.75) is 13.3 Å². The molecule has 0 aliphatic rings. The third-order valence-electron chi connectivity index (χ3n) is 4.06. The summed E-state index contributed by atoms with van der Waals surface area (Å²) < 4.78 is 0. The van der Waals surface area contributed by atoms with Gasteiger partial charge in [0.1, 0.15) is 0 Å². The number of amides is 1. The number of hydrogen-bond acceptors (Lipinski definition) is 2. The van der Waals surface area contributed by atoms with Crippen LogP contribution < -0.4 is 10.6 Å². The maximum Gasteiger partial charge on any atom is 0.228 e. The minimum Gasteiger partial charge on any atom is -0.353 e. The Morgan fingerprint density at radius 1 is 0.889 bits per heavy atom. The van der Waals surface area contributed by atoms with Gasteiger partial charge in [0, 0.05) is 16.4 Å². The van der Waals surface area contributed by atoms with Crippen LogP contribution in [0, 0.1) is 6.92 Å². The Kier molecular flexibility index (Phi) is 6.27. The Hall–Kier alpha value is -2.20. The van der Waals surface area contributed by atoms with Crippen LogP contribution in [0.2, 0.25) is 15.1 Å². The van der Waals surface area contributed by atoms with E-state index in [1.54, 1.807) is 30.3 Å². The van der Waals surface area contributed by atoms with Crippen molar-refractivity contribution in [1.29, 1.82) is 0 Å². The molecule has 2 N–H and O–H groups in total. The number of hydrogen-bond donors (Lipinski definition) is 2. The number of anilines is 3. The Balaban J connectivity index is 1.80. The second-order valence-electron chi connectivity index (χ2n) is 6.06. The lowest BCUT2D eigenvalue weighted by atomic mass is 10.1. The van der Waals surface area contributed by atoms with E-state index in [4.69, 9.17) is 34.8 Å². The van der Waals surface area contributed by atoms with Crippen LogP contribution in [0.15, 0.2) is 60.7 Å². The summed E-state index contributed by atoms with van der Waals surface area (Å²) in [7, 11) is 0. The first-order valence-electron chi connectivity index (χ1n) is 8.29. The lowest BCUT2D eigenvalue weighted by Gasteiger charge is -2.15. The molecule has 0 radical (unpaired) electrons. The van der Waals surface area contributed by atoms with Crippen molar-refractivity contribution >= 4 is 57.8 Å². The summed E-state index contributed by atoms with van der Waals surface area (Å²) in [5.74, 6) is -0.139. The van der Waals surface area contributed by atoms with Gasteiger partial charge in [-0.2, -0.15) is 0 Å². The number of aryl methyl sites for hydroxylation is 1. The summed E-state index contributed by atoms with van der Waals surface area (Å²) >= 11 is 18.5. The van der Waals surface area contributed by atoms with Crippen molar-refractivity contribution in [3.8, 4) is 0 Å². The van der Waals surface area contributed by atoms with Crippen molar-refractivity contribution in [2.24, 2.45) is 0 Å². The zero-order valence-electron chi connectivity index (χ0n) is 14.5. The van der Waals surface area contributed by atoms with Gasteiger partial charge in [0.15, 0.2) is 0 Å². The van der Waals surface area contributed by atoms with Gasteiger partial charge in [0.2, 0.25) is 5.91 Å². The normalized spacial score (nSPS) is 10.5. The third-order valence-corrected chi connectivity index (χ3v) is 4.93. The Morgan fingerprint density at radius 3 is 2.33 bits per heavy atom. The third kappa shape index (κ3) is 4.95. The van der Waals surface area contributed by atoms with Gasteiger partial charge in [-0.3, -0.25) is 4.79 Å². The highest BCUT2D eigenvalue weighted by atomic mass is 35.5. The fourth-order valence-electron chi connectivity index (χ4n) is 2.64. The van der Waals surface area contributed by atoms with Crippen molar-refractivity contribution < 1.29 is 4.79 Å². The van der Waals surface area contributed by atoms with Crippen molar-refractivity contribution in [1.82, 2.24) is 0 Å². The molecule has 0 aliphatic heterocycles. The zero-order valence-corrected chi connectivity index (χ0v) is 16.8. The van der Waals surface area contributed by atoms with Crippen LogP contribution >= 0.6 is 34.8 Å². The van der Waals surface area contributed by atoms with E-state index < -0.39 is 0 Å². The quantitative estimate of drug-likeness (QED) is 0.473. The van der Waals surface area contributed by atoms with Crippen molar-refractivity contribution in [3.05, 3.63) is 86.9 Å². The molecule has 0 heterocycles. The second kappa shape index (κ2) is 8.66. The standard InChI is InChI=1S/C21H17Cl3N2O/c1-13-9-10-15(22)12-19(13)25-20(27)11-14-5-2-3-8-18(14)26-21-16(23)6-4-7-17(21)24/h2-10,12,26H,11H2,1H3,(H,25,27). The van der Waals surface area contributed by atoms with Gasteiger partial charge in [0.25, 0.3) is 0 Å². The molecule has 3 nitrogen and oxygen atoms in total. The van der Waals surface area contributed by atoms with Gasteiger partial charge in [0.05, 0.1) is 22.2 Å². The molecule has 3 aromatic rings. The Morgan fingerprint density at radius 2 is 1.59 bits per heavy atom. The molecule has 0 bridgehead atoms. The van der Waals surface area contributed by atoms with E-state index in [2.05, 4.69) is 10.6 Å². The molecule has 0 saturated heterocycles. The molecular formula is C21H17Cl3N2O. The van der Waals surface area contributed by atoms with E-state index >= 15 is 0 Å². The monoisotopic (exact) mass is 418 g/mol. The summed E-state index contributed by atoms with van der Waals surface area (Å²) in [6, 6.07) is 18.2. The molecule has 138 valence electrons. The summed E-state index contributed by atoms with van der Waals surface area (Å²) in [5, 5.41) is 7.74. The molecule has 0 aromatic heterocycles. The molecule has 0 unspecified atom stereocenters. The molecule has 27 heavy (non-hydrogen) atoms. The number of benzene rings is 3. The second-order valence-corrected chi connectivity index (χ2v) is 7.31. The molecule has 6 heteroatoms. The van der Waals surface area contributed by atoms with Crippen LogP contribution in [0.4, 0.5) is 17.1 Å². The number of carbonyl (C=O) groups excluding carboxylic acids is 1. The van der Waals surface area contributed by atoms with Crippen LogP contribution in [0.5, 0.6) is 0 Å². The molecule has 0 saturated carbocycles. The van der Waals surface area contributed by atoms with E-state index in [0.717, 1.165) is 16.8 Å². The van der Waals surface area contributed by atoms with Crippen molar-refractivity contribution in [3.63, 3.8) is 0 Å². The number of carbonyl (C=O) groups is 1. The minimum atomic E-state index is -0.139. The Bertz CT molecular complexity index is 969. The molecular weight excluding hydrogens is 403 g/mol. The van der Waals surface area contributed by atoms with Crippen LogP contribution in [-0.4, -0.2) is 5.91 Å². The molecule has 0 aliphatic carbocycles. The summed E-state index contributed by atoms with van der Waals surface area (Å²) in [5.41, 5.74) is 3.85. The van der Waals surface area contributed by atoms with Crippen LogP contribution in [0.1, 0.15) is 11.1 Å². The summed E-state index contributed by atoms with van der Waals surface area (Å²) in [6.07, 6.45) is 0.192. The van der Waals surface area contributed by atoms with Crippen LogP contribution in [0.3, 0.4) is 0 Å². The molecule has 0 spiro atoms. The van der Waals surface area contributed by atoms with E-state index in [1.165, 1.54) is 0 Å². The largest absolute Gasteiger partial charge is 0.353 e. The van der Waals surface area contributed by atoms with Gasteiger partial charge >= 0.3 is 0 Å². The molecule has 3 aromatic carbocycles. The first kappa shape index (κ1) is 19.6. The maximum atomic E-state index is 12.5. The van der Waals surface area contributed by atoms with E-state index in [0.29, 0.717) is 26.4 Å². The van der Waals surface area contributed by atoms with Gasteiger partial charge in [-0.25, -0.2) is 0 Å². The number of rotatable bonds is 5. The van der Waals surface area contributed by atoms with Gasteiger partial charge in [-0.15, -0.1) is 0 Å². The first-order chi connectivity index (χ1) is 12.9. The van der Waals surface area contributed by atoms with E-state index in [1.807, 2.05) is 37.3 Å². The molecule has 3 rings (SSSR count). The molecule has 0 fully saturated rings. The highest BCUT2D eigenvalue weighted by molar-refractivity contribution is 6.39. The summed E-state index contributed by atoms with van der Waals surface area (Å²) in [4.78, 5) is 12.5. The van der Waals surface area contributed by atoms with Gasteiger partial charge in [-0.1, -0.05) is 65.1 Å². The lowest BCUT2D eigenvalue weighted by Crippen LogP contribution is -2.16. The van der Waals surface area contributed by atoms with E-state index in [9.17, 15) is 4.79 Å². The average molecular weight is 420 g/mol. The van der Waals surface area contributed by atoms with Gasteiger partial charge < -0.3 is 10.6 Å². The minimum absolute atomic E-state index is 0.139. The van der Waals surface area contributed by atoms with Gasteiger partial charge in [-0.05, 0) is 48.4 Å². The van der Waals surface area contributed by atoms with Crippen molar-refractivity contribution in [2.75, 3.05) is 10.6 Å². The fraction of sp³-hybridized carbons (Fsp3) is 0.0952. The van der Waals surface area contributed by atoms with Crippen LogP contribution in [0.25, 0.3) is 0 Å². The van der Waals surface area contributed by atoms with Crippen LogP contribution in [-0.2, 0) is 11.2 Å². The lowest BCUT2D eigenvalue weighted by molar-refractivity contribution is -0.115. The summed E-state index contributed by atoms with van der Waals surface area (Å²) in [6.45, 7) is 1.92. The topological polar surface area (TPSA) is 41.1 Å². The molecule has 0 atom stereocenters. The number of halogens is 3. The SMILES string of the molecule is Cc1ccc(Cl)cc1NC(=O)Cc1ccccc1Nc1c(Cl)cccc1Cl. The smallest absolute Gasteiger partial charge is 0.228 e. The fourth-order valence-corrected chi connectivity index (χ4v) is 3.31. The predicted molar refractivity (Wildman–Crippen MR) is 115 cm³/mol. The zero-order chi connectivity index (χ0) is 19.4. The number of para-hydroxylation sites is 2. The Labute approximate surface area is 173 Å².